The normalized spacial score (nSPS) is 12.8. The smallest absolute Gasteiger partial charge is 0.471 e. The maximum atomic E-state index is 12.7. The Labute approximate surface area is 159 Å². The lowest BCUT2D eigenvalue weighted by Gasteiger charge is -2.20. The van der Waals surface area contributed by atoms with Crippen molar-refractivity contribution in [1.82, 2.24) is 10.1 Å². The molecule has 1 unspecified atom stereocenters. The summed E-state index contributed by atoms with van der Waals surface area (Å²) >= 11 is 0. The van der Waals surface area contributed by atoms with Gasteiger partial charge in [-0.25, -0.2) is 0 Å². The molecule has 0 saturated carbocycles. The van der Waals surface area contributed by atoms with Gasteiger partial charge < -0.3 is 14.5 Å². The van der Waals surface area contributed by atoms with E-state index in [0.717, 1.165) is 4.73 Å². The Kier molecular flexibility index (Phi) is 5.26. The average molecular weight is 393 g/mol. The summed E-state index contributed by atoms with van der Waals surface area (Å²) in [5.74, 6) is -0.996. The summed E-state index contributed by atoms with van der Waals surface area (Å²) < 4.78 is 49.1. The summed E-state index contributed by atoms with van der Waals surface area (Å²) in [5, 5.41) is 15.4. The molecule has 6 nitrogen and oxygen atoms in total. The second-order valence-corrected chi connectivity index (χ2v) is 6.33. The topological polar surface area (TPSA) is 75.1 Å². The highest BCUT2D eigenvalue weighted by atomic mass is 19.4. The molecule has 148 valence electrons. The molecular formula is C19H18F3N3O3. The van der Waals surface area contributed by atoms with Crippen LogP contribution in [-0.4, -0.2) is 10.1 Å². The van der Waals surface area contributed by atoms with Gasteiger partial charge >= 0.3 is 12.1 Å². The summed E-state index contributed by atoms with van der Waals surface area (Å²) in [6, 6.07) is 8.33. The molecule has 9 heteroatoms. The predicted octanol–water partition coefficient (Wildman–Crippen LogP) is 4.54. The first-order chi connectivity index (χ1) is 13.2. The molecule has 3 aromatic rings. The van der Waals surface area contributed by atoms with E-state index in [4.69, 9.17) is 4.74 Å². The SMILES string of the molecule is CCC(Oc1c(C)cc(-c2noc(C(F)(F)F)n2)cc1C)c1cccc[n+]1[O-]. The van der Waals surface area contributed by atoms with Crippen LogP contribution < -0.4 is 9.47 Å². The first kappa shape index (κ1) is 19.7. The third kappa shape index (κ3) is 3.92. The predicted molar refractivity (Wildman–Crippen MR) is 93.3 cm³/mol. The summed E-state index contributed by atoms with van der Waals surface area (Å²) in [6.07, 6.45) is -3.20. The second kappa shape index (κ2) is 7.49. The third-order valence-corrected chi connectivity index (χ3v) is 4.20. The van der Waals surface area contributed by atoms with Crippen molar-refractivity contribution in [3.05, 3.63) is 64.4 Å². The summed E-state index contributed by atoms with van der Waals surface area (Å²) in [4.78, 5) is 3.41. The molecule has 0 N–H and O–H groups in total. The maximum Gasteiger partial charge on any atom is 0.471 e. The van der Waals surface area contributed by atoms with Crippen LogP contribution in [0.15, 0.2) is 41.1 Å². The molecule has 0 bridgehead atoms. The molecule has 3 rings (SSSR count). The molecule has 2 heterocycles. The number of halogens is 3. The largest absolute Gasteiger partial charge is 0.618 e. The number of rotatable bonds is 5. The van der Waals surface area contributed by atoms with E-state index < -0.39 is 18.2 Å². The third-order valence-electron chi connectivity index (χ3n) is 4.20. The first-order valence-corrected chi connectivity index (χ1v) is 8.58. The van der Waals surface area contributed by atoms with Gasteiger partial charge in [0.2, 0.25) is 11.5 Å². The Morgan fingerprint density at radius 1 is 1.21 bits per heavy atom. The van der Waals surface area contributed by atoms with Crippen molar-refractivity contribution in [2.24, 2.45) is 0 Å². The van der Waals surface area contributed by atoms with Gasteiger partial charge in [0, 0.05) is 17.7 Å². The van der Waals surface area contributed by atoms with Crippen molar-refractivity contribution in [3.63, 3.8) is 0 Å². The van der Waals surface area contributed by atoms with Crippen LogP contribution in [0.3, 0.4) is 0 Å². The Morgan fingerprint density at radius 2 is 1.89 bits per heavy atom. The summed E-state index contributed by atoms with van der Waals surface area (Å²) in [6.45, 7) is 5.42. The summed E-state index contributed by atoms with van der Waals surface area (Å²) in [7, 11) is 0. The molecule has 0 aliphatic rings. The van der Waals surface area contributed by atoms with Crippen LogP contribution in [0.25, 0.3) is 11.4 Å². The first-order valence-electron chi connectivity index (χ1n) is 8.58. The molecule has 2 aromatic heterocycles. The van der Waals surface area contributed by atoms with Crippen molar-refractivity contribution >= 4 is 0 Å². The van der Waals surface area contributed by atoms with Crippen LogP contribution >= 0.6 is 0 Å². The minimum absolute atomic E-state index is 0.155. The van der Waals surface area contributed by atoms with Gasteiger partial charge in [0.25, 0.3) is 0 Å². The Balaban J connectivity index is 1.92. The van der Waals surface area contributed by atoms with Crippen LogP contribution in [0.4, 0.5) is 13.2 Å². The van der Waals surface area contributed by atoms with Gasteiger partial charge in [-0.15, -0.1) is 0 Å². The van der Waals surface area contributed by atoms with Gasteiger partial charge in [-0.2, -0.15) is 22.9 Å². The maximum absolute atomic E-state index is 12.7. The molecule has 0 aliphatic heterocycles. The molecule has 28 heavy (non-hydrogen) atoms. The Hall–Kier alpha value is -3.10. The molecule has 0 saturated heterocycles. The van der Waals surface area contributed by atoms with Crippen LogP contribution in [0.2, 0.25) is 0 Å². The van der Waals surface area contributed by atoms with Crippen LogP contribution in [-0.2, 0) is 6.18 Å². The number of hydrogen-bond donors (Lipinski definition) is 0. The zero-order valence-electron chi connectivity index (χ0n) is 15.4. The fraction of sp³-hybridized carbons (Fsp3) is 0.316. The van der Waals surface area contributed by atoms with E-state index in [1.165, 1.54) is 6.20 Å². The number of nitrogens with zero attached hydrogens (tertiary/aromatic N) is 3. The lowest BCUT2D eigenvalue weighted by molar-refractivity contribution is -0.618. The zero-order valence-corrected chi connectivity index (χ0v) is 15.4. The highest BCUT2D eigenvalue weighted by Crippen LogP contribution is 2.34. The minimum atomic E-state index is -4.70. The Bertz CT molecular complexity index is 963. The fourth-order valence-electron chi connectivity index (χ4n) is 2.91. The van der Waals surface area contributed by atoms with Gasteiger partial charge in [0.05, 0.1) is 0 Å². The number of aromatic nitrogens is 3. The monoisotopic (exact) mass is 393 g/mol. The molecule has 0 aliphatic carbocycles. The molecule has 0 amide bonds. The van der Waals surface area contributed by atoms with Crippen molar-refractivity contribution in [3.8, 4) is 17.1 Å². The van der Waals surface area contributed by atoms with Crippen molar-refractivity contribution < 1.29 is 27.2 Å². The van der Waals surface area contributed by atoms with E-state index in [0.29, 0.717) is 34.6 Å². The van der Waals surface area contributed by atoms with E-state index in [1.807, 2.05) is 6.92 Å². The van der Waals surface area contributed by atoms with Crippen molar-refractivity contribution in [2.45, 2.75) is 39.5 Å². The quantitative estimate of drug-likeness (QED) is 0.470. The lowest BCUT2D eigenvalue weighted by atomic mass is 10.0. The molecule has 0 radical (unpaired) electrons. The van der Waals surface area contributed by atoms with E-state index >= 15 is 0 Å². The van der Waals surface area contributed by atoms with Gasteiger partial charge in [0.1, 0.15) is 5.75 Å². The zero-order chi connectivity index (χ0) is 20.5. The van der Waals surface area contributed by atoms with E-state index in [1.54, 1.807) is 44.2 Å². The van der Waals surface area contributed by atoms with Crippen molar-refractivity contribution in [2.75, 3.05) is 0 Å². The molecule has 1 aromatic carbocycles. The molecular weight excluding hydrogens is 375 g/mol. The van der Waals surface area contributed by atoms with E-state index in [-0.39, 0.29) is 5.82 Å². The molecule has 0 fully saturated rings. The molecule has 0 spiro atoms. The van der Waals surface area contributed by atoms with Crippen LogP contribution in [0.1, 0.15) is 42.2 Å². The number of alkyl halides is 3. The minimum Gasteiger partial charge on any atom is -0.618 e. The van der Waals surface area contributed by atoms with Gasteiger partial charge in [0.15, 0.2) is 12.3 Å². The number of benzene rings is 1. The Morgan fingerprint density at radius 3 is 2.43 bits per heavy atom. The van der Waals surface area contributed by atoms with Crippen LogP contribution in [0, 0.1) is 19.1 Å². The molecule has 1 atom stereocenters. The number of ether oxygens (including phenoxy) is 1. The van der Waals surface area contributed by atoms with Gasteiger partial charge in [-0.1, -0.05) is 12.1 Å². The van der Waals surface area contributed by atoms with Crippen molar-refractivity contribution in [1.29, 1.82) is 0 Å². The van der Waals surface area contributed by atoms with Crippen LogP contribution in [0.5, 0.6) is 5.75 Å². The van der Waals surface area contributed by atoms with E-state index in [2.05, 4.69) is 14.7 Å². The fourth-order valence-corrected chi connectivity index (χ4v) is 2.91. The lowest BCUT2D eigenvalue weighted by Crippen LogP contribution is -2.34. The summed E-state index contributed by atoms with van der Waals surface area (Å²) in [5.41, 5.74) is 2.22. The standard InChI is InChI=1S/C19H18F3N3O3/c1-4-15(14-7-5-6-8-25(14)26)27-16-11(2)9-13(10-12(16)3)17-23-18(28-24-17)19(20,21)22/h5-10,15H,4H2,1-3H3. The van der Waals surface area contributed by atoms with Gasteiger partial charge in [-0.05, 0) is 49.6 Å². The number of pyridine rings is 1. The highest BCUT2D eigenvalue weighted by Gasteiger charge is 2.38. The average Bonchev–Trinajstić information content (AvgIpc) is 3.13. The highest BCUT2D eigenvalue weighted by molar-refractivity contribution is 5.61. The number of hydrogen-bond acceptors (Lipinski definition) is 5. The second-order valence-electron chi connectivity index (χ2n) is 6.33. The van der Waals surface area contributed by atoms with Gasteiger partial charge in [-0.3, -0.25) is 0 Å². The number of aryl methyl sites for hydroxylation is 2. The van der Waals surface area contributed by atoms with E-state index in [9.17, 15) is 18.4 Å².